The second kappa shape index (κ2) is 7.81. The van der Waals surface area contributed by atoms with Gasteiger partial charge in [0.15, 0.2) is 0 Å². The Morgan fingerprint density at radius 2 is 2.30 bits per heavy atom. The van der Waals surface area contributed by atoms with E-state index in [1.54, 1.807) is 18.3 Å². The van der Waals surface area contributed by atoms with Crippen LogP contribution in [-0.4, -0.2) is 36.2 Å². The van der Waals surface area contributed by atoms with Crippen molar-refractivity contribution in [2.45, 2.75) is 32.2 Å². The van der Waals surface area contributed by atoms with Gasteiger partial charge in [-0.1, -0.05) is 18.1 Å². The molecule has 0 bridgehead atoms. The highest BCUT2D eigenvalue weighted by atomic mass is 32.2. The summed E-state index contributed by atoms with van der Waals surface area (Å²) in [7, 11) is -3.43. The molecule has 1 aromatic rings. The van der Waals surface area contributed by atoms with Gasteiger partial charge in [0.2, 0.25) is 10.0 Å². The van der Waals surface area contributed by atoms with Crippen LogP contribution in [0.1, 0.15) is 25.5 Å². The van der Waals surface area contributed by atoms with Crippen LogP contribution in [0.25, 0.3) is 0 Å². The predicted molar refractivity (Wildman–Crippen MR) is 77.0 cm³/mol. The minimum absolute atomic E-state index is 0.00396. The second-order valence-electron chi connectivity index (χ2n) is 4.41. The highest BCUT2D eigenvalue weighted by Crippen LogP contribution is 2.03. The summed E-state index contributed by atoms with van der Waals surface area (Å²) in [6.07, 6.45) is 2.70. The molecule has 0 saturated heterocycles. The molecule has 0 aliphatic heterocycles. The molecule has 20 heavy (non-hydrogen) atoms. The van der Waals surface area contributed by atoms with Crippen molar-refractivity contribution in [2.75, 3.05) is 5.75 Å². The van der Waals surface area contributed by atoms with Crippen molar-refractivity contribution in [1.29, 1.82) is 0 Å². The number of amidine groups is 1. The Morgan fingerprint density at radius 3 is 2.85 bits per heavy atom. The maximum atomic E-state index is 12.0. The lowest BCUT2D eigenvalue weighted by Gasteiger charge is -2.16. The quantitative estimate of drug-likeness (QED) is 0.279. The van der Waals surface area contributed by atoms with Crippen LogP contribution in [0.5, 0.6) is 0 Å². The number of pyridine rings is 1. The standard InChI is InChI=1S/C12H20N4O3S/c1-2-10(9-12(13)15-17)16-20(18,19)8-6-11-5-3-4-7-14-11/h3-5,7,10,16-17H,2,6,8-9H2,1H3,(H2,13,15). The molecule has 0 saturated carbocycles. The van der Waals surface area contributed by atoms with E-state index < -0.39 is 10.0 Å². The van der Waals surface area contributed by atoms with Gasteiger partial charge in [-0.05, 0) is 18.6 Å². The number of aromatic nitrogens is 1. The van der Waals surface area contributed by atoms with Crippen molar-refractivity contribution in [2.24, 2.45) is 10.9 Å². The molecule has 1 atom stereocenters. The smallest absolute Gasteiger partial charge is 0.212 e. The van der Waals surface area contributed by atoms with E-state index in [2.05, 4.69) is 14.9 Å². The summed E-state index contributed by atoms with van der Waals surface area (Å²) in [6, 6.07) is 5.00. The number of nitrogens with zero attached hydrogens (tertiary/aromatic N) is 2. The summed E-state index contributed by atoms with van der Waals surface area (Å²) in [5, 5.41) is 11.4. The molecular weight excluding hydrogens is 280 g/mol. The lowest BCUT2D eigenvalue weighted by molar-refractivity contribution is 0.316. The molecule has 0 fully saturated rings. The van der Waals surface area contributed by atoms with Crippen molar-refractivity contribution in [3.05, 3.63) is 30.1 Å². The number of aryl methyl sites for hydroxylation is 1. The molecule has 1 heterocycles. The van der Waals surface area contributed by atoms with Crippen LogP contribution in [-0.2, 0) is 16.4 Å². The van der Waals surface area contributed by atoms with Crippen LogP contribution < -0.4 is 10.5 Å². The van der Waals surface area contributed by atoms with Crippen LogP contribution >= 0.6 is 0 Å². The SMILES string of the molecule is CCC(CC(N)=NO)NS(=O)(=O)CCc1ccccn1. The highest BCUT2D eigenvalue weighted by molar-refractivity contribution is 7.89. The first-order chi connectivity index (χ1) is 9.46. The molecule has 0 spiro atoms. The molecule has 1 unspecified atom stereocenters. The van der Waals surface area contributed by atoms with E-state index in [9.17, 15) is 8.42 Å². The molecule has 0 radical (unpaired) electrons. The summed E-state index contributed by atoms with van der Waals surface area (Å²) in [5.74, 6) is -0.0410. The number of hydrogen-bond donors (Lipinski definition) is 3. The Morgan fingerprint density at radius 1 is 1.55 bits per heavy atom. The summed E-state index contributed by atoms with van der Waals surface area (Å²) >= 11 is 0. The Labute approximate surface area is 118 Å². The molecule has 8 heteroatoms. The highest BCUT2D eigenvalue weighted by Gasteiger charge is 2.18. The lowest BCUT2D eigenvalue weighted by atomic mass is 10.1. The van der Waals surface area contributed by atoms with Crippen LogP contribution in [0, 0.1) is 0 Å². The largest absolute Gasteiger partial charge is 0.409 e. The normalized spacial score (nSPS) is 14.2. The van der Waals surface area contributed by atoms with Gasteiger partial charge in [-0.3, -0.25) is 4.98 Å². The summed E-state index contributed by atoms with van der Waals surface area (Å²) < 4.78 is 26.5. The molecule has 0 amide bonds. The van der Waals surface area contributed by atoms with Crippen molar-refractivity contribution in [3.8, 4) is 0 Å². The van der Waals surface area contributed by atoms with Gasteiger partial charge in [0.25, 0.3) is 0 Å². The van der Waals surface area contributed by atoms with E-state index in [0.29, 0.717) is 12.8 Å². The monoisotopic (exact) mass is 300 g/mol. The molecule has 0 aromatic carbocycles. The fourth-order valence-electron chi connectivity index (χ4n) is 1.66. The summed E-state index contributed by atoms with van der Waals surface area (Å²) in [6.45, 7) is 1.83. The summed E-state index contributed by atoms with van der Waals surface area (Å²) in [5.41, 5.74) is 6.11. The fourth-order valence-corrected chi connectivity index (χ4v) is 3.01. The topological polar surface area (TPSA) is 118 Å². The van der Waals surface area contributed by atoms with Crippen molar-refractivity contribution in [3.63, 3.8) is 0 Å². The Hall–Kier alpha value is -1.67. The Bertz CT molecular complexity index is 531. The van der Waals surface area contributed by atoms with E-state index in [1.807, 2.05) is 13.0 Å². The lowest BCUT2D eigenvalue weighted by Crippen LogP contribution is -2.39. The number of nitrogens with one attached hydrogen (secondary N) is 1. The second-order valence-corrected chi connectivity index (χ2v) is 6.28. The average molecular weight is 300 g/mol. The predicted octanol–water partition coefficient (Wildman–Crippen LogP) is 0.459. The van der Waals surface area contributed by atoms with Crippen molar-refractivity contribution >= 4 is 15.9 Å². The van der Waals surface area contributed by atoms with Crippen LogP contribution in [0.15, 0.2) is 29.6 Å². The first kappa shape index (κ1) is 16.4. The van der Waals surface area contributed by atoms with Gasteiger partial charge in [0.05, 0.1) is 5.75 Å². The van der Waals surface area contributed by atoms with E-state index >= 15 is 0 Å². The van der Waals surface area contributed by atoms with Crippen molar-refractivity contribution in [1.82, 2.24) is 9.71 Å². The van der Waals surface area contributed by atoms with Gasteiger partial charge >= 0.3 is 0 Å². The van der Waals surface area contributed by atoms with Gasteiger partial charge in [-0.2, -0.15) is 0 Å². The Kier molecular flexibility index (Phi) is 6.40. The third-order valence-electron chi connectivity index (χ3n) is 2.78. The molecular formula is C12H20N4O3S. The van der Waals surface area contributed by atoms with Gasteiger partial charge in [0.1, 0.15) is 5.84 Å². The van der Waals surface area contributed by atoms with Crippen LogP contribution in [0.4, 0.5) is 0 Å². The third-order valence-corrected chi connectivity index (χ3v) is 4.21. The van der Waals surface area contributed by atoms with Crippen molar-refractivity contribution < 1.29 is 13.6 Å². The van der Waals surface area contributed by atoms with E-state index in [-0.39, 0.29) is 24.1 Å². The Balaban J connectivity index is 2.55. The number of oxime groups is 1. The van der Waals surface area contributed by atoms with Gasteiger partial charge in [-0.25, -0.2) is 13.1 Å². The van der Waals surface area contributed by atoms with Gasteiger partial charge < -0.3 is 10.9 Å². The third kappa shape index (κ3) is 5.98. The molecule has 1 rings (SSSR count). The molecule has 0 aliphatic carbocycles. The van der Waals surface area contributed by atoms with Gasteiger partial charge in [-0.15, -0.1) is 0 Å². The molecule has 0 aliphatic rings. The zero-order valence-corrected chi connectivity index (χ0v) is 12.2. The zero-order chi connectivity index (χ0) is 15.0. The minimum Gasteiger partial charge on any atom is -0.409 e. The minimum atomic E-state index is -3.43. The van der Waals surface area contributed by atoms with Crippen LogP contribution in [0.2, 0.25) is 0 Å². The fraction of sp³-hybridized carbons (Fsp3) is 0.500. The van der Waals surface area contributed by atoms with E-state index in [4.69, 9.17) is 10.9 Å². The number of nitrogens with two attached hydrogens (primary N) is 1. The summed E-state index contributed by atoms with van der Waals surface area (Å²) in [4.78, 5) is 4.08. The first-order valence-electron chi connectivity index (χ1n) is 6.33. The molecule has 112 valence electrons. The maximum absolute atomic E-state index is 12.0. The first-order valence-corrected chi connectivity index (χ1v) is 7.98. The maximum Gasteiger partial charge on any atom is 0.212 e. The molecule has 4 N–H and O–H groups in total. The molecule has 7 nitrogen and oxygen atoms in total. The van der Waals surface area contributed by atoms with E-state index in [0.717, 1.165) is 5.69 Å². The number of sulfonamides is 1. The number of hydrogen-bond acceptors (Lipinski definition) is 5. The average Bonchev–Trinajstić information content (AvgIpc) is 2.45. The zero-order valence-electron chi connectivity index (χ0n) is 11.4. The van der Waals surface area contributed by atoms with Crippen LogP contribution in [0.3, 0.4) is 0 Å². The van der Waals surface area contributed by atoms with Gasteiger partial charge in [0, 0.05) is 30.8 Å². The number of rotatable bonds is 8. The van der Waals surface area contributed by atoms with E-state index in [1.165, 1.54) is 0 Å². The molecule has 1 aromatic heterocycles.